The highest BCUT2D eigenvalue weighted by Gasteiger charge is 2.22. The zero-order valence-electron chi connectivity index (χ0n) is 12.7. The number of nitrogen functional groups attached to an aromatic ring is 1. The number of hydrogen-bond acceptors (Lipinski definition) is 6. The van der Waals surface area contributed by atoms with Gasteiger partial charge in [0.2, 0.25) is 5.82 Å². The fraction of sp³-hybridized carbons (Fsp3) is 0.0625. The molecule has 0 aliphatic rings. The number of carbonyl (C=O) groups excluding carboxylic acids is 1. The van der Waals surface area contributed by atoms with Crippen LogP contribution in [0.15, 0.2) is 28.7 Å². The Labute approximate surface area is 151 Å². The molecule has 0 saturated carbocycles. The number of rotatable bonds is 4. The van der Waals surface area contributed by atoms with Crippen LogP contribution in [0.1, 0.15) is 27.0 Å². The first-order valence-corrected chi connectivity index (χ1v) is 7.67. The Bertz CT molecular complexity index is 949. The van der Waals surface area contributed by atoms with E-state index in [9.17, 15) is 10.1 Å². The lowest BCUT2D eigenvalue weighted by molar-refractivity contribution is -0.344. The molecule has 1 heterocycles. The lowest BCUT2D eigenvalue weighted by atomic mass is 10.0. The molecule has 8 nitrogen and oxygen atoms in total. The van der Waals surface area contributed by atoms with Gasteiger partial charge in [0.15, 0.2) is 0 Å². The number of nitrogens with zero attached hydrogens (tertiary/aromatic N) is 3. The monoisotopic (exact) mass is 396 g/mol. The molecule has 9 heteroatoms. The van der Waals surface area contributed by atoms with Crippen molar-refractivity contribution in [2.24, 2.45) is 0 Å². The third kappa shape index (κ3) is 3.84. The van der Waals surface area contributed by atoms with Crippen LogP contribution >= 0.6 is 15.9 Å². The number of nitrogens with two attached hydrogens (primary N) is 1. The van der Waals surface area contributed by atoms with Crippen molar-refractivity contribution in [3.63, 3.8) is 0 Å². The molecule has 1 aromatic carbocycles. The van der Waals surface area contributed by atoms with Gasteiger partial charge >= 0.3 is 0 Å². The number of pyridine rings is 1. The summed E-state index contributed by atoms with van der Waals surface area (Å²) in [6, 6.07) is 12.3. The summed E-state index contributed by atoms with van der Waals surface area (Å²) in [4.78, 5) is 14.8. The average molecular weight is 397 g/mol. The fourth-order valence-electron chi connectivity index (χ4n) is 2.09. The van der Waals surface area contributed by atoms with Crippen molar-refractivity contribution >= 4 is 33.5 Å². The predicted molar refractivity (Wildman–Crippen MR) is 91.4 cm³/mol. The van der Waals surface area contributed by atoms with Crippen molar-refractivity contribution in [2.75, 3.05) is 11.2 Å². The first-order valence-electron chi connectivity index (χ1n) is 6.88. The summed E-state index contributed by atoms with van der Waals surface area (Å²) < 4.78 is 0.832. The van der Waals surface area contributed by atoms with Crippen LogP contribution < -0.4 is 21.6 Å². The molecule has 1 amide bonds. The van der Waals surface area contributed by atoms with Gasteiger partial charge in [-0.25, -0.2) is 15.8 Å². The number of anilines is 2. The molecule has 0 saturated heterocycles. The molecule has 122 valence electrons. The van der Waals surface area contributed by atoms with Gasteiger partial charge in [-0.1, -0.05) is 15.9 Å². The summed E-state index contributed by atoms with van der Waals surface area (Å²) in [5.74, 6) is -0.351. The Morgan fingerprint density at radius 1 is 1.16 bits per heavy atom. The zero-order valence-corrected chi connectivity index (χ0v) is 14.3. The van der Waals surface area contributed by atoms with E-state index in [0.717, 1.165) is 4.47 Å². The maximum atomic E-state index is 12.1. The molecule has 0 spiro atoms. The number of nitriles is 3. The van der Waals surface area contributed by atoms with Gasteiger partial charge in [0, 0.05) is 15.6 Å². The normalized spacial score (nSPS) is 9.36. The number of hydrogen-bond donors (Lipinski definition) is 3. The van der Waals surface area contributed by atoms with Crippen molar-refractivity contribution in [1.82, 2.24) is 5.43 Å². The maximum Gasteiger partial charge on any atom is 0.280 e. The SMILES string of the molecule is N#CCc1c(C#N)c(N)[nH+]c(NNC(=O)c2ccc(Br)cc2)c1C#N. The fourth-order valence-corrected chi connectivity index (χ4v) is 2.36. The van der Waals surface area contributed by atoms with Crippen LogP contribution in [0.25, 0.3) is 0 Å². The minimum absolute atomic E-state index is 0.00728. The second-order valence-electron chi connectivity index (χ2n) is 4.79. The highest BCUT2D eigenvalue weighted by molar-refractivity contribution is 9.10. The first kappa shape index (κ1) is 17.7. The molecule has 2 rings (SSSR count). The van der Waals surface area contributed by atoms with Gasteiger partial charge in [-0.3, -0.25) is 4.79 Å². The van der Waals surface area contributed by atoms with Crippen LogP contribution in [0.2, 0.25) is 0 Å². The van der Waals surface area contributed by atoms with Gasteiger partial charge in [-0.05, 0) is 24.3 Å². The van der Waals surface area contributed by atoms with Gasteiger partial charge in [0.25, 0.3) is 11.7 Å². The van der Waals surface area contributed by atoms with Crippen molar-refractivity contribution in [3.05, 3.63) is 51.0 Å². The Kier molecular flexibility index (Phi) is 5.52. The first-order chi connectivity index (χ1) is 12.0. The summed E-state index contributed by atoms with van der Waals surface area (Å²) in [6.45, 7) is 0. The largest absolute Gasteiger partial charge is 0.318 e. The van der Waals surface area contributed by atoms with Crippen LogP contribution in [0.3, 0.4) is 0 Å². The quantitative estimate of drug-likeness (QED) is 0.663. The maximum absolute atomic E-state index is 12.1. The number of halogens is 1. The van der Waals surface area contributed by atoms with Gasteiger partial charge in [0.05, 0.1) is 12.5 Å². The molecule has 0 aliphatic carbocycles. The van der Waals surface area contributed by atoms with Crippen molar-refractivity contribution in [1.29, 1.82) is 15.8 Å². The van der Waals surface area contributed by atoms with E-state index in [0.29, 0.717) is 5.56 Å². The standard InChI is InChI=1S/C16H10BrN7O/c17-10-3-1-9(2-4-10)16(25)24-23-15-13(8-20)11(5-6-18)12(7-19)14(21)22-15/h1-4H,5H2,(H,24,25)(H3,21,22,23)/p+1. The summed E-state index contributed by atoms with van der Waals surface area (Å²) in [5.41, 5.74) is 11.4. The molecule has 0 radical (unpaired) electrons. The van der Waals surface area contributed by atoms with Crippen molar-refractivity contribution < 1.29 is 9.78 Å². The second kappa shape index (κ2) is 7.78. The number of benzene rings is 1. The van der Waals surface area contributed by atoms with Gasteiger partial charge in [-0.15, -0.1) is 0 Å². The second-order valence-corrected chi connectivity index (χ2v) is 5.70. The molecule has 0 aliphatic heterocycles. The Balaban J connectivity index is 2.32. The molecule has 0 fully saturated rings. The molecule has 1 aromatic heterocycles. The molecular weight excluding hydrogens is 386 g/mol. The molecular formula is C16H11BrN7O+. The van der Waals surface area contributed by atoms with Gasteiger partial charge in [-0.2, -0.15) is 15.8 Å². The number of aromatic amines is 1. The number of carbonyl (C=O) groups is 1. The van der Waals surface area contributed by atoms with E-state index in [1.54, 1.807) is 24.3 Å². The van der Waals surface area contributed by atoms with E-state index in [1.807, 2.05) is 18.2 Å². The summed E-state index contributed by atoms with van der Waals surface area (Å²) >= 11 is 3.28. The summed E-state index contributed by atoms with van der Waals surface area (Å²) in [6.07, 6.45) is -0.167. The Morgan fingerprint density at radius 3 is 2.36 bits per heavy atom. The lowest BCUT2D eigenvalue weighted by Crippen LogP contribution is -2.34. The number of amides is 1. The number of hydrazine groups is 1. The minimum atomic E-state index is -0.436. The van der Waals surface area contributed by atoms with Crippen LogP contribution in [-0.2, 0) is 6.42 Å². The van der Waals surface area contributed by atoms with Crippen molar-refractivity contribution in [3.8, 4) is 18.2 Å². The number of nitrogens with one attached hydrogen (secondary N) is 3. The van der Waals surface area contributed by atoms with E-state index < -0.39 is 5.91 Å². The number of H-pyrrole nitrogens is 1. The summed E-state index contributed by atoms with van der Waals surface area (Å²) in [5, 5.41) is 27.4. The van der Waals surface area contributed by atoms with Crippen LogP contribution in [0.4, 0.5) is 11.6 Å². The van der Waals surface area contributed by atoms with E-state index in [1.165, 1.54) is 0 Å². The van der Waals surface area contributed by atoms with E-state index in [4.69, 9.17) is 16.3 Å². The van der Waals surface area contributed by atoms with Crippen LogP contribution in [0, 0.1) is 34.0 Å². The Morgan fingerprint density at radius 2 is 1.80 bits per heavy atom. The van der Waals surface area contributed by atoms with Gasteiger partial charge in [0.1, 0.15) is 23.3 Å². The minimum Gasteiger partial charge on any atom is -0.318 e. The number of aromatic nitrogens is 1. The van der Waals surface area contributed by atoms with Crippen LogP contribution in [-0.4, -0.2) is 5.91 Å². The van der Waals surface area contributed by atoms with E-state index in [2.05, 4.69) is 31.8 Å². The van der Waals surface area contributed by atoms with Crippen molar-refractivity contribution in [2.45, 2.75) is 6.42 Å². The zero-order chi connectivity index (χ0) is 18.4. The topological polar surface area (TPSA) is 153 Å². The predicted octanol–water partition coefficient (Wildman–Crippen LogP) is 1.41. The molecule has 0 atom stereocenters. The highest BCUT2D eigenvalue weighted by atomic mass is 79.9. The van der Waals surface area contributed by atoms with E-state index >= 15 is 0 Å². The molecule has 2 aromatic rings. The lowest BCUT2D eigenvalue weighted by Gasteiger charge is -2.09. The highest BCUT2D eigenvalue weighted by Crippen LogP contribution is 2.22. The van der Waals surface area contributed by atoms with Gasteiger partial charge < -0.3 is 5.73 Å². The van der Waals surface area contributed by atoms with E-state index in [-0.39, 0.29) is 34.7 Å². The molecule has 0 bridgehead atoms. The smallest absolute Gasteiger partial charge is 0.280 e. The Hall–Kier alpha value is -3.61. The molecule has 0 unspecified atom stereocenters. The third-order valence-corrected chi connectivity index (χ3v) is 3.80. The molecule has 5 N–H and O–H groups in total. The van der Waals surface area contributed by atoms with Crippen LogP contribution in [0.5, 0.6) is 0 Å². The summed E-state index contributed by atoms with van der Waals surface area (Å²) in [7, 11) is 0. The third-order valence-electron chi connectivity index (χ3n) is 3.27. The average Bonchev–Trinajstić information content (AvgIpc) is 2.60. The molecule has 25 heavy (non-hydrogen) atoms.